The molecule has 0 aliphatic carbocycles. The van der Waals surface area contributed by atoms with E-state index in [4.69, 9.17) is 4.74 Å². The van der Waals surface area contributed by atoms with Crippen LogP contribution in [0.1, 0.15) is 18.9 Å². The van der Waals surface area contributed by atoms with Crippen LogP contribution in [0.3, 0.4) is 0 Å². The lowest BCUT2D eigenvalue weighted by molar-refractivity contribution is 0.241. The Hall–Kier alpha value is -0.685. The van der Waals surface area contributed by atoms with Gasteiger partial charge in [-0.05, 0) is 43.9 Å². The Labute approximate surface area is 126 Å². The zero-order chi connectivity index (χ0) is 15.1. The summed E-state index contributed by atoms with van der Waals surface area (Å²) in [6, 6.07) is 5.71. The highest BCUT2D eigenvalue weighted by atomic mass is 32.2. The van der Waals surface area contributed by atoms with Gasteiger partial charge in [0.1, 0.15) is 5.75 Å². The molecule has 1 aromatic carbocycles. The quantitative estimate of drug-likeness (QED) is 0.700. The summed E-state index contributed by atoms with van der Waals surface area (Å²) in [5.74, 6) is 1.91. The second-order valence-corrected chi connectivity index (χ2v) is 5.98. The maximum absolute atomic E-state index is 9.27. The Morgan fingerprint density at radius 2 is 2.10 bits per heavy atom. The first kappa shape index (κ1) is 17.4. The highest BCUT2D eigenvalue weighted by Gasteiger charge is 2.16. The third-order valence-electron chi connectivity index (χ3n) is 3.51. The predicted octanol–water partition coefficient (Wildman–Crippen LogP) is 0.948. The van der Waals surface area contributed by atoms with Gasteiger partial charge in [0.2, 0.25) is 0 Å². The van der Waals surface area contributed by atoms with Crippen molar-refractivity contribution in [2.24, 2.45) is 0 Å². The van der Waals surface area contributed by atoms with Crippen molar-refractivity contribution >= 4 is 24.3 Å². The predicted molar refractivity (Wildman–Crippen MR) is 86.7 cm³/mol. The lowest BCUT2D eigenvalue weighted by atomic mass is 9.79. The topological polar surface area (TPSA) is 52.9 Å². The van der Waals surface area contributed by atoms with Crippen molar-refractivity contribution in [3.8, 4) is 5.75 Å². The second-order valence-electron chi connectivity index (χ2n) is 4.99. The molecule has 20 heavy (non-hydrogen) atoms. The summed E-state index contributed by atoms with van der Waals surface area (Å²) in [5, 5.41) is 18.5. The van der Waals surface area contributed by atoms with Crippen LogP contribution in [0.5, 0.6) is 5.75 Å². The summed E-state index contributed by atoms with van der Waals surface area (Å²) in [5.41, 5.74) is 1.46. The molecule has 0 saturated heterocycles. The van der Waals surface area contributed by atoms with E-state index in [0.717, 1.165) is 30.0 Å². The second kappa shape index (κ2) is 8.57. The average molecular weight is 297 g/mol. The summed E-state index contributed by atoms with van der Waals surface area (Å²) in [6.07, 6.45) is 3.24. The molecular formula is C14H24BNO3S. The molecule has 2 N–H and O–H groups in total. The summed E-state index contributed by atoms with van der Waals surface area (Å²) >= 11 is 1.85. The molecule has 0 aliphatic rings. The highest BCUT2D eigenvalue weighted by Crippen LogP contribution is 2.19. The van der Waals surface area contributed by atoms with Gasteiger partial charge in [0, 0.05) is 18.2 Å². The van der Waals surface area contributed by atoms with E-state index in [2.05, 4.69) is 25.1 Å². The van der Waals surface area contributed by atoms with Crippen molar-refractivity contribution in [2.75, 3.05) is 26.2 Å². The van der Waals surface area contributed by atoms with E-state index < -0.39 is 7.12 Å². The van der Waals surface area contributed by atoms with Crippen LogP contribution in [-0.4, -0.2) is 54.3 Å². The smallest absolute Gasteiger partial charge is 0.488 e. The van der Waals surface area contributed by atoms with Crippen molar-refractivity contribution in [3.05, 3.63) is 23.8 Å². The zero-order valence-corrected chi connectivity index (χ0v) is 13.5. The molecule has 0 aromatic heterocycles. The molecule has 0 spiro atoms. The molecule has 1 rings (SSSR count). The van der Waals surface area contributed by atoms with E-state index in [9.17, 15) is 10.0 Å². The molecule has 0 saturated carbocycles. The van der Waals surface area contributed by atoms with E-state index in [1.165, 1.54) is 0 Å². The lowest BCUT2D eigenvalue weighted by Gasteiger charge is -2.25. The minimum Gasteiger partial charge on any atom is -0.496 e. The summed E-state index contributed by atoms with van der Waals surface area (Å²) in [6.45, 7) is 2.92. The van der Waals surface area contributed by atoms with Gasteiger partial charge in [-0.1, -0.05) is 12.1 Å². The number of hydrogen-bond acceptors (Lipinski definition) is 5. The van der Waals surface area contributed by atoms with Crippen molar-refractivity contribution in [3.63, 3.8) is 0 Å². The van der Waals surface area contributed by atoms with Gasteiger partial charge in [-0.25, -0.2) is 0 Å². The van der Waals surface area contributed by atoms with Crippen LogP contribution in [0.4, 0.5) is 0 Å². The van der Waals surface area contributed by atoms with Gasteiger partial charge >= 0.3 is 7.12 Å². The minimum atomic E-state index is -1.45. The standard InChI is InChI=1S/C14H24BNO3S/c1-11(7-8-20-4)16(2)10-12-9-13(15(17)18)5-6-14(12)19-3/h5-6,9,11,17-18H,7-8,10H2,1-4H3. The fourth-order valence-electron chi connectivity index (χ4n) is 2.02. The van der Waals surface area contributed by atoms with Crippen LogP contribution >= 0.6 is 11.8 Å². The van der Waals surface area contributed by atoms with Crippen LogP contribution in [-0.2, 0) is 6.54 Å². The Bertz CT molecular complexity index is 417. The number of thioether (sulfide) groups is 1. The maximum atomic E-state index is 9.27. The third-order valence-corrected chi connectivity index (χ3v) is 4.16. The molecule has 0 bridgehead atoms. The molecule has 1 unspecified atom stereocenters. The average Bonchev–Trinajstić information content (AvgIpc) is 2.44. The van der Waals surface area contributed by atoms with Gasteiger partial charge in [-0.15, -0.1) is 0 Å². The van der Waals surface area contributed by atoms with E-state index in [0.29, 0.717) is 11.5 Å². The lowest BCUT2D eigenvalue weighted by Crippen LogP contribution is -2.32. The van der Waals surface area contributed by atoms with E-state index >= 15 is 0 Å². The van der Waals surface area contributed by atoms with E-state index in [-0.39, 0.29) is 0 Å². The first-order valence-corrected chi connectivity index (χ1v) is 8.11. The zero-order valence-electron chi connectivity index (χ0n) is 12.7. The van der Waals surface area contributed by atoms with Crippen molar-refractivity contribution in [2.45, 2.75) is 25.9 Å². The molecule has 1 atom stereocenters. The van der Waals surface area contributed by atoms with Crippen molar-refractivity contribution < 1.29 is 14.8 Å². The first-order valence-electron chi connectivity index (χ1n) is 6.71. The number of hydrogen-bond donors (Lipinski definition) is 2. The molecule has 0 heterocycles. The Morgan fingerprint density at radius 3 is 2.65 bits per heavy atom. The Morgan fingerprint density at radius 1 is 1.40 bits per heavy atom. The summed E-state index contributed by atoms with van der Waals surface area (Å²) in [7, 11) is 2.26. The van der Waals surface area contributed by atoms with Crippen LogP contribution in [0, 0.1) is 0 Å². The number of rotatable bonds is 8. The first-order chi connectivity index (χ1) is 9.49. The van der Waals surface area contributed by atoms with Crippen LogP contribution in [0.15, 0.2) is 18.2 Å². The largest absolute Gasteiger partial charge is 0.496 e. The Balaban J connectivity index is 2.81. The Kier molecular flexibility index (Phi) is 7.44. The van der Waals surface area contributed by atoms with Gasteiger partial charge in [-0.2, -0.15) is 11.8 Å². The molecule has 112 valence electrons. The molecule has 0 aliphatic heterocycles. The minimum absolute atomic E-state index is 0.467. The summed E-state index contributed by atoms with van der Waals surface area (Å²) < 4.78 is 5.35. The fourth-order valence-corrected chi connectivity index (χ4v) is 2.59. The molecule has 0 amide bonds. The monoisotopic (exact) mass is 297 g/mol. The van der Waals surface area contributed by atoms with Crippen LogP contribution in [0.2, 0.25) is 0 Å². The molecule has 6 heteroatoms. The van der Waals surface area contributed by atoms with Gasteiger partial charge in [-0.3, -0.25) is 4.90 Å². The molecule has 0 radical (unpaired) electrons. The maximum Gasteiger partial charge on any atom is 0.488 e. The molecule has 0 fully saturated rings. The highest BCUT2D eigenvalue weighted by molar-refractivity contribution is 7.98. The van der Waals surface area contributed by atoms with Gasteiger partial charge < -0.3 is 14.8 Å². The van der Waals surface area contributed by atoms with Crippen molar-refractivity contribution in [1.29, 1.82) is 0 Å². The van der Waals surface area contributed by atoms with Crippen molar-refractivity contribution in [1.82, 2.24) is 4.90 Å². The molecule has 1 aromatic rings. The third kappa shape index (κ3) is 5.02. The van der Waals surface area contributed by atoms with Crippen LogP contribution in [0.25, 0.3) is 0 Å². The van der Waals surface area contributed by atoms with Crippen LogP contribution < -0.4 is 10.2 Å². The van der Waals surface area contributed by atoms with Gasteiger partial charge in [0.05, 0.1) is 7.11 Å². The number of ether oxygens (including phenoxy) is 1. The van der Waals surface area contributed by atoms with E-state index in [1.54, 1.807) is 25.3 Å². The normalized spacial score (nSPS) is 12.6. The number of methoxy groups -OCH3 is 1. The van der Waals surface area contributed by atoms with Gasteiger partial charge in [0.15, 0.2) is 0 Å². The summed E-state index contributed by atoms with van der Waals surface area (Å²) in [4.78, 5) is 2.25. The SMILES string of the molecule is COc1ccc(B(O)O)cc1CN(C)C(C)CCSC. The fraction of sp³-hybridized carbons (Fsp3) is 0.571. The number of benzene rings is 1. The van der Waals surface area contributed by atoms with E-state index in [1.807, 2.05) is 11.8 Å². The molecule has 4 nitrogen and oxygen atoms in total. The number of nitrogens with zero attached hydrogens (tertiary/aromatic N) is 1. The van der Waals surface area contributed by atoms with Gasteiger partial charge in [0.25, 0.3) is 0 Å². The molecular weight excluding hydrogens is 273 g/mol.